The maximum atomic E-state index is 9.95. The molecule has 0 saturated carbocycles. The van der Waals surface area contributed by atoms with Crippen LogP contribution in [0.2, 0.25) is 0 Å². The second kappa shape index (κ2) is 7.43. The van der Waals surface area contributed by atoms with Crippen LogP contribution < -0.4 is 5.14 Å². The Morgan fingerprint density at radius 2 is 1.86 bits per heavy atom. The van der Waals surface area contributed by atoms with Crippen molar-refractivity contribution in [2.75, 3.05) is 6.61 Å². The molecule has 0 aliphatic heterocycles. The van der Waals surface area contributed by atoms with Crippen LogP contribution in [0.3, 0.4) is 0 Å². The maximum absolute atomic E-state index is 9.95. The molecule has 0 aliphatic carbocycles. The third kappa shape index (κ3) is 11.0. The molecule has 0 aromatic carbocycles. The topological polar surface area (TPSA) is 82.3 Å². The van der Waals surface area contributed by atoms with E-state index in [1.807, 2.05) is 18.2 Å². The lowest BCUT2D eigenvalue weighted by Crippen LogP contribution is -2.15. The van der Waals surface area contributed by atoms with Gasteiger partial charge in [-0.1, -0.05) is 13.0 Å². The summed E-state index contributed by atoms with van der Waals surface area (Å²) in [6, 6.07) is 5.72. The third-order valence-electron chi connectivity index (χ3n) is 1.02. The zero-order chi connectivity index (χ0) is 10.9. The molecule has 0 fully saturated rings. The number of nitrogens with zero attached hydrogens (tertiary/aromatic N) is 1. The average Bonchev–Trinajstić information content (AvgIpc) is 2.17. The largest absolute Gasteiger partial charge is 0.333 e. The van der Waals surface area contributed by atoms with E-state index in [0.29, 0.717) is 6.42 Å². The Morgan fingerprint density at radius 1 is 1.29 bits per heavy atom. The van der Waals surface area contributed by atoms with Gasteiger partial charge in [0.25, 0.3) is 0 Å². The van der Waals surface area contributed by atoms with Crippen molar-refractivity contribution in [2.24, 2.45) is 5.14 Å². The van der Waals surface area contributed by atoms with E-state index in [-0.39, 0.29) is 6.61 Å². The molecule has 14 heavy (non-hydrogen) atoms. The second-order valence-electron chi connectivity index (χ2n) is 2.34. The van der Waals surface area contributed by atoms with Crippen molar-refractivity contribution in [3.63, 3.8) is 0 Å². The fourth-order valence-electron chi connectivity index (χ4n) is 0.512. The molecule has 0 atom stereocenters. The first kappa shape index (κ1) is 13.0. The Bertz CT molecular complexity index is 286. The molecule has 2 N–H and O–H groups in total. The minimum absolute atomic E-state index is 0.166. The number of nitrogens with two attached hydrogens (primary N) is 1. The molecule has 0 radical (unpaired) electrons. The summed E-state index contributed by atoms with van der Waals surface area (Å²) in [4.78, 5) is 3.78. The third-order valence-corrected chi connectivity index (χ3v) is 1.51. The van der Waals surface area contributed by atoms with E-state index in [0.717, 1.165) is 0 Å². The molecular formula is C8H14N2O3S. The van der Waals surface area contributed by atoms with Crippen molar-refractivity contribution in [3.05, 3.63) is 30.6 Å². The van der Waals surface area contributed by atoms with Crippen LogP contribution in [0.4, 0.5) is 0 Å². The highest BCUT2D eigenvalue weighted by Gasteiger charge is 1.97. The van der Waals surface area contributed by atoms with Crippen molar-refractivity contribution >= 4 is 10.3 Å². The molecule has 80 valence electrons. The Balaban J connectivity index is 0.000000249. The van der Waals surface area contributed by atoms with Gasteiger partial charge < -0.3 is 0 Å². The van der Waals surface area contributed by atoms with Crippen LogP contribution in [-0.2, 0) is 14.5 Å². The van der Waals surface area contributed by atoms with Crippen LogP contribution in [-0.4, -0.2) is 20.0 Å². The van der Waals surface area contributed by atoms with Gasteiger partial charge in [0.15, 0.2) is 0 Å². The van der Waals surface area contributed by atoms with Gasteiger partial charge in [-0.15, -0.1) is 0 Å². The summed E-state index contributed by atoms with van der Waals surface area (Å²) in [5.41, 5.74) is 0. The van der Waals surface area contributed by atoms with Gasteiger partial charge in [-0.25, -0.2) is 5.14 Å². The van der Waals surface area contributed by atoms with Gasteiger partial charge in [-0.05, 0) is 18.6 Å². The minimum atomic E-state index is -3.69. The van der Waals surface area contributed by atoms with Crippen LogP contribution in [0, 0.1) is 0 Å². The SMILES string of the molecule is CCCOS(N)(=O)=O.c1ccncc1. The lowest BCUT2D eigenvalue weighted by atomic mass is 10.5. The smallest absolute Gasteiger partial charge is 0.265 e. The van der Waals surface area contributed by atoms with Gasteiger partial charge in [0.2, 0.25) is 0 Å². The summed E-state index contributed by atoms with van der Waals surface area (Å²) in [6.45, 7) is 1.96. The fourth-order valence-corrected chi connectivity index (χ4v) is 0.911. The summed E-state index contributed by atoms with van der Waals surface area (Å²) in [5, 5.41) is 4.47. The van der Waals surface area contributed by atoms with Crippen molar-refractivity contribution in [1.82, 2.24) is 4.98 Å². The molecule has 1 rings (SSSR count). The lowest BCUT2D eigenvalue weighted by Gasteiger charge is -1.93. The van der Waals surface area contributed by atoms with Crippen LogP contribution in [0.1, 0.15) is 13.3 Å². The predicted octanol–water partition coefficient (Wildman–Crippen LogP) is 0.698. The van der Waals surface area contributed by atoms with Gasteiger partial charge in [0, 0.05) is 12.4 Å². The fraction of sp³-hybridized carbons (Fsp3) is 0.375. The highest BCUT2D eigenvalue weighted by molar-refractivity contribution is 7.84. The normalized spacial score (nSPS) is 10.1. The van der Waals surface area contributed by atoms with E-state index >= 15 is 0 Å². The van der Waals surface area contributed by atoms with E-state index in [9.17, 15) is 8.42 Å². The van der Waals surface area contributed by atoms with Crippen LogP contribution in [0.5, 0.6) is 0 Å². The molecule has 0 unspecified atom stereocenters. The van der Waals surface area contributed by atoms with E-state index in [2.05, 4.69) is 14.3 Å². The molecule has 0 aliphatic rings. The van der Waals surface area contributed by atoms with E-state index in [4.69, 9.17) is 0 Å². The van der Waals surface area contributed by atoms with Crippen molar-refractivity contribution in [2.45, 2.75) is 13.3 Å². The minimum Gasteiger partial charge on any atom is -0.265 e. The van der Waals surface area contributed by atoms with Gasteiger partial charge in [-0.2, -0.15) is 8.42 Å². The van der Waals surface area contributed by atoms with E-state index in [1.54, 1.807) is 19.3 Å². The van der Waals surface area contributed by atoms with Gasteiger partial charge in [0.05, 0.1) is 6.61 Å². The summed E-state index contributed by atoms with van der Waals surface area (Å²) >= 11 is 0. The average molecular weight is 218 g/mol. The first-order valence-electron chi connectivity index (χ1n) is 4.08. The lowest BCUT2D eigenvalue weighted by molar-refractivity contribution is 0.318. The number of aromatic nitrogens is 1. The molecule has 0 amide bonds. The Kier molecular flexibility index (Phi) is 6.91. The molecule has 0 spiro atoms. The molecule has 6 heteroatoms. The molecule has 1 aromatic heterocycles. The first-order valence-corrected chi connectivity index (χ1v) is 5.55. The molecule has 0 bridgehead atoms. The number of rotatable bonds is 3. The van der Waals surface area contributed by atoms with E-state index < -0.39 is 10.3 Å². The molecular weight excluding hydrogens is 204 g/mol. The standard InChI is InChI=1S/C5H5N.C3H9NO3S/c1-2-4-6-5-3-1;1-2-3-7-8(4,5)6/h1-5H;2-3H2,1H3,(H2,4,5,6). The summed E-state index contributed by atoms with van der Waals surface area (Å²) in [7, 11) is -3.69. The van der Waals surface area contributed by atoms with Crippen molar-refractivity contribution in [3.8, 4) is 0 Å². The van der Waals surface area contributed by atoms with Gasteiger partial charge in [-0.3, -0.25) is 9.17 Å². The maximum Gasteiger partial charge on any atom is 0.333 e. The monoisotopic (exact) mass is 218 g/mol. The number of hydrogen-bond donors (Lipinski definition) is 1. The Morgan fingerprint density at radius 3 is 2.00 bits per heavy atom. The van der Waals surface area contributed by atoms with Crippen molar-refractivity contribution in [1.29, 1.82) is 0 Å². The Hall–Kier alpha value is -0.980. The summed E-state index contributed by atoms with van der Waals surface area (Å²) in [5.74, 6) is 0. The zero-order valence-electron chi connectivity index (χ0n) is 7.96. The quantitative estimate of drug-likeness (QED) is 0.809. The molecule has 5 nitrogen and oxygen atoms in total. The predicted molar refractivity (Wildman–Crippen MR) is 53.6 cm³/mol. The van der Waals surface area contributed by atoms with Crippen LogP contribution >= 0.6 is 0 Å². The zero-order valence-corrected chi connectivity index (χ0v) is 8.78. The highest BCUT2D eigenvalue weighted by Crippen LogP contribution is 1.83. The first-order chi connectivity index (χ1) is 6.56. The second-order valence-corrected chi connectivity index (χ2v) is 3.56. The van der Waals surface area contributed by atoms with Gasteiger partial charge in [0.1, 0.15) is 0 Å². The molecule has 0 saturated heterocycles. The number of hydrogen-bond acceptors (Lipinski definition) is 4. The van der Waals surface area contributed by atoms with E-state index in [1.165, 1.54) is 0 Å². The highest BCUT2D eigenvalue weighted by atomic mass is 32.2. The van der Waals surface area contributed by atoms with Crippen LogP contribution in [0.25, 0.3) is 0 Å². The number of pyridine rings is 1. The molecule has 1 heterocycles. The van der Waals surface area contributed by atoms with Crippen molar-refractivity contribution < 1.29 is 12.6 Å². The summed E-state index contributed by atoms with van der Waals surface area (Å²) in [6.07, 6.45) is 4.15. The van der Waals surface area contributed by atoms with Crippen LogP contribution in [0.15, 0.2) is 30.6 Å². The summed E-state index contributed by atoms with van der Waals surface area (Å²) < 4.78 is 24.0. The van der Waals surface area contributed by atoms with Gasteiger partial charge >= 0.3 is 10.3 Å². The molecule has 1 aromatic rings. The Labute approximate surface area is 84.2 Å².